The van der Waals surface area contributed by atoms with Crippen molar-refractivity contribution in [2.24, 2.45) is 0 Å². The van der Waals surface area contributed by atoms with Crippen LogP contribution in [0.3, 0.4) is 0 Å². The highest BCUT2D eigenvalue weighted by molar-refractivity contribution is 9.10. The molecule has 0 amide bonds. The minimum Gasteiger partial charge on any atom is -0.285 e. The first-order chi connectivity index (χ1) is 8.06. The van der Waals surface area contributed by atoms with Gasteiger partial charge in [0.1, 0.15) is 0 Å². The van der Waals surface area contributed by atoms with Crippen LogP contribution >= 0.6 is 15.9 Å². The number of nitrogens with one attached hydrogen (secondary N) is 1. The second-order valence-corrected chi connectivity index (χ2v) is 5.33. The lowest BCUT2D eigenvalue weighted by molar-refractivity contribution is 0.613. The summed E-state index contributed by atoms with van der Waals surface area (Å²) in [4.78, 5) is 11.4. The van der Waals surface area contributed by atoms with Crippen molar-refractivity contribution >= 4 is 15.9 Å². The molecule has 4 heteroatoms. The molecule has 0 fully saturated rings. The molecule has 3 nitrogen and oxygen atoms in total. The van der Waals surface area contributed by atoms with Crippen LogP contribution in [-0.2, 0) is 6.54 Å². The number of benzene rings is 1. The summed E-state index contributed by atoms with van der Waals surface area (Å²) in [6.45, 7) is 4.87. The number of halogens is 1. The molecule has 0 aliphatic heterocycles. The Morgan fingerprint density at radius 1 is 1.29 bits per heavy atom. The van der Waals surface area contributed by atoms with Crippen LogP contribution in [0.1, 0.15) is 31.0 Å². The molecule has 1 N–H and O–H groups in total. The second kappa shape index (κ2) is 4.92. The van der Waals surface area contributed by atoms with Gasteiger partial charge in [0.25, 0.3) is 5.56 Å². The van der Waals surface area contributed by atoms with E-state index in [0.717, 1.165) is 10.2 Å². The van der Waals surface area contributed by atoms with E-state index in [-0.39, 0.29) is 5.56 Å². The van der Waals surface area contributed by atoms with Crippen LogP contribution in [0.4, 0.5) is 0 Å². The van der Waals surface area contributed by atoms with Gasteiger partial charge in [-0.2, -0.15) is 0 Å². The zero-order chi connectivity index (χ0) is 12.4. The minimum absolute atomic E-state index is 0.0363. The Hall–Kier alpha value is -1.29. The highest BCUT2D eigenvalue weighted by atomic mass is 79.9. The van der Waals surface area contributed by atoms with Gasteiger partial charge in [-0.25, -0.2) is 0 Å². The molecule has 2 rings (SSSR count). The molecule has 0 atom stereocenters. The largest absolute Gasteiger partial charge is 0.285 e. The molecular weight excluding hydrogens is 280 g/mol. The van der Waals surface area contributed by atoms with E-state index in [0.29, 0.717) is 12.5 Å². The number of nitrogens with zero attached hydrogens (tertiary/aromatic N) is 1. The van der Waals surface area contributed by atoms with Crippen LogP contribution < -0.4 is 5.56 Å². The van der Waals surface area contributed by atoms with Crippen LogP contribution in [0, 0.1) is 0 Å². The molecule has 0 spiro atoms. The van der Waals surface area contributed by atoms with E-state index in [9.17, 15) is 4.79 Å². The van der Waals surface area contributed by atoms with Crippen molar-refractivity contribution < 1.29 is 0 Å². The van der Waals surface area contributed by atoms with Gasteiger partial charge < -0.3 is 0 Å². The number of hydrogen-bond acceptors (Lipinski definition) is 1. The molecule has 0 unspecified atom stereocenters. The smallest absolute Gasteiger partial charge is 0.264 e. The van der Waals surface area contributed by atoms with Gasteiger partial charge in [-0.3, -0.25) is 14.6 Å². The van der Waals surface area contributed by atoms with E-state index < -0.39 is 0 Å². The van der Waals surface area contributed by atoms with Gasteiger partial charge in [0, 0.05) is 16.2 Å². The third-order valence-electron chi connectivity index (χ3n) is 2.68. The summed E-state index contributed by atoms with van der Waals surface area (Å²) in [5.74, 6) is 0.337. The summed E-state index contributed by atoms with van der Waals surface area (Å²) in [6.07, 6.45) is 0. The Balaban J connectivity index is 2.29. The second-order valence-electron chi connectivity index (χ2n) is 4.41. The van der Waals surface area contributed by atoms with E-state index in [1.807, 2.05) is 28.9 Å². The fourth-order valence-corrected chi connectivity index (χ4v) is 2.09. The zero-order valence-electron chi connectivity index (χ0n) is 9.90. The molecule has 0 saturated carbocycles. The molecule has 17 heavy (non-hydrogen) atoms. The lowest BCUT2D eigenvalue weighted by Crippen LogP contribution is -2.09. The summed E-state index contributed by atoms with van der Waals surface area (Å²) in [7, 11) is 0. The molecule has 0 aliphatic carbocycles. The number of aromatic nitrogens is 2. The first kappa shape index (κ1) is 12.2. The molecule has 2 aromatic rings. The Morgan fingerprint density at radius 2 is 1.94 bits per heavy atom. The fourth-order valence-electron chi connectivity index (χ4n) is 1.82. The van der Waals surface area contributed by atoms with Crippen molar-refractivity contribution in [3.05, 3.63) is 56.4 Å². The minimum atomic E-state index is -0.0363. The van der Waals surface area contributed by atoms with Crippen molar-refractivity contribution in [1.82, 2.24) is 9.78 Å². The predicted octanol–water partition coefficient (Wildman–Crippen LogP) is 3.11. The van der Waals surface area contributed by atoms with Gasteiger partial charge in [0.2, 0.25) is 0 Å². The zero-order valence-corrected chi connectivity index (χ0v) is 11.5. The third kappa shape index (κ3) is 2.88. The normalized spacial score (nSPS) is 11.1. The quantitative estimate of drug-likeness (QED) is 0.928. The first-order valence-corrected chi connectivity index (χ1v) is 6.40. The highest BCUT2D eigenvalue weighted by Gasteiger charge is 2.08. The van der Waals surface area contributed by atoms with Crippen molar-refractivity contribution in [1.29, 1.82) is 0 Å². The van der Waals surface area contributed by atoms with Crippen LogP contribution in [0.25, 0.3) is 0 Å². The van der Waals surface area contributed by atoms with Gasteiger partial charge >= 0.3 is 0 Å². The van der Waals surface area contributed by atoms with E-state index in [1.165, 1.54) is 5.56 Å². The maximum absolute atomic E-state index is 11.4. The lowest BCUT2D eigenvalue weighted by Gasteiger charge is -2.10. The molecular formula is C13H15BrN2O. The first-order valence-electron chi connectivity index (χ1n) is 5.60. The average molecular weight is 295 g/mol. The SMILES string of the molecule is CC(C)c1cc(=O)[nH]n1Cc1ccc(Br)cc1. The van der Waals surface area contributed by atoms with Crippen molar-refractivity contribution in [2.45, 2.75) is 26.3 Å². The summed E-state index contributed by atoms with van der Waals surface area (Å²) in [6, 6.07) is 9.78. The molecule has 0 saturated heterocycles. The number of hydrogen-bond donors (Lipinski definition) is 1. The van der Waals surface area contributed by atoms with Gasteiger partial charge in [0.05, 0.1) is 6.54 Å². The Bertz CT molecular complexity index is 552. The molecule has 90 valence electrons. The van der Waals surface area contributed by atoms with E-state index in [2.05, 4.69) is 34.9 Å². The number of H-pyrrole nitrogens is 1. The molecule has 1 aromatic carbocycles. The van der Waals surface area contributed by atoms with E-state index >= 15 is 0 Å². The average Bonchev–Trinajstić information content (AvgIpc) is 2.63. The Kier molecular flexibility index (Phi) is 3.52. The van der Waals surface area contributed by atoms with E-state index in [4.69, 9.17) is 0 Å². The standard InChI is InChI=1S/C13H15BrN2O/c1-9(2)12-7-13(17)15-16(12)8-10-3-5-11(14)6-4-10/h3-7,9H,8H2,1-2H3,(H,15,17). The van der Waals surface area contributed by atoms with Gasteiger partial charge in [-0.1, -0.05) is 41.9 Å². The van der Waals surface area contributed by atoms with Crippen molar-refractivity contribution in [2.75, 3.05) is 0 Å². The molecule has 0 radical (unpaired) electrons. The van der Waals surface area contributed by atoms with Gasteiger partial charge in [0.15, 0.2) is 0 Å². The molecule has 1 heterocycles. The van der Waals surface area contributed by atoms with Crippen molar-refractivity contribution in [3.8, 4) is 0 Å². The van der Waals surface area contributed by atoms with Gasteiger partial charge in [-0.15, -0.1) is 0 Å². The summed E-state index contributed by atoms with van der Waals surface area (Å²) in [5, 5.41) is 2.84. The fraction of sp³-hybridized carbons (Fsp3) is 0.308. The molecule has 0 aliphatic rings. The maximum atomic E-state index is 11.4. The molecule has 1 aromatic heterocycles. The Morgan fingerprint density at radius 3 is 2.53 bits per heavy atom. The topological polar surface area (TPSA) is 37.8 Å². The van der Waals surface area contributed by atoms with Crippen molar-refractivity contribution in [3.63, 3.8) is 0 Å². The lowest BCUT2D eigenvalue weighted by atomic mass is 10.1. The van der Waals surface area contributed by atoms with Crippen LogP contribution in [0.15, 0.2) is 39.6 Å². The van der Waals surface area contributed by atoms with Gasteiger partial charge in [-0.05, 0) is 23.6 Å². The molecule has 0 bridgehead atoms. The van der Waals surface area contributed by atoms with Crippen LogP contribution in [-0.4, -0.2) is 9.78 Å². The number of rotatable bonds is 3. The Labute approximate surface area is 109 Å². The third-order valence-corrected chi connectivity index (χ3v) is 3.21. The summed E-state index contributed by atoms with van der Waals surface area (Å²) in [5.41, 5.74) is 2.17. The number of aromatic amines is 1. The highest BCUT2D eigenvalue weighted by Crippen LogP contribution is 2.15. The summed E-state index contributed by atoms with van der Waals surface area (Å²) < 4.78 is 2.97. The van der Waals surface area contributed by atoms with E-state index in [1.54, 1.807) is 6.07 Å². The maximum Gasteiger partial charge on any atom is 0.264 e. The predicted molar refractivity (Wildman–Crippen MR) is 72.4 cm³/mol. The monoisotopic (exact) mass is 294 g/mol. The van der Waals surface area contributed by atoms with Crippen LogP contribution in [0.2, 0.25) is 0 Å². The summed E-state index contributed by atoms with van der Waals surface area (Å²) >= 11 is 3.41. The van der Waals surface area contributed by atoms with Crippen LogP contribution in [0.5, 0.6) is 0 Å².